The monoisotopic (exact) mass is 199 g/mol. The van der Waals surface area contributed by atoms with Crippen molar-refractivity contribution in [3.05, 3.63) is 54.6 Å². The molecule has 0 unspecified atom stereocenters. The lowest BCUT2D eigenvalue weighted by molar-refractivity contribution is 0.606. The van der Waals surface area contributed by atoms with Crippen molar-refractivity contribution < 1.29 is 0 Å². The summed E-state index contributed by atoms with van der Waals surface area (Å²) >= 11 is 0. The number of hydrogen-bond donors (Lipinski definition) is 0. The van der Waals surface area contributed by atoms with E-state index in [1.54, 1.807) is 6.20 Å². The van der Waals surface area contributed by atoms with E-state index in [9.17, 15) is 0 Å². The third-order valence-electron chi connectivity index (χ3n) is 2.46. The normalized spacial score (nSPS) is 10.4. The van der Waals surface area contributed by atoms with Crippen LogP contribution in [0.5, 0.6) is 0 Å². The van der Waals surface area contributed by atoms with Crippen molar-refractivity contribution in [3.8, 4) is 0 Å². The number of benzene rings is 1. The zero-order valence-corrected chi connectivity index (χ0v) is 8.76. The van der Waals surface area contributed by atoms with Crippen molar-refractivity contribution in [1.82, 2.24) is 9.55 Å². The number of aryl methyl sites for hydroxylation is 2. The minimum Gasteiger partial charge on any atom is -0.328 e. The molecule has 0 bridgehead atoms. The van der Waals surface area contributed by atoms with Gasteiger partial charge in [0.05, 0.1) is 0 Å². The molecule has 1 radical (unpaired) electrons. The zero-order chi connectivity index (χ0) is 10.3. The average Bonchev–Trinajstić information content (AvgIpc) is 2.79. The minimum atomic E-state index is 1.02. The predicted octanol–water partition coefficient (Wildman–Crippen LogP) is 2.71. The van der Waals surface area contributed by atoms with Gasteiger partial charge in [-0.15, -0.1) is 0 Å². The molecule has 0 atom stereocenters. The smallest absolute Gasteiger partial charge is 0.176 e. The van der Waals surface area contributed by atoms with E-state index in [1.165, 1.54) is 18.4 Å². The minimum absolute atomic E-state index is 1.02. The summed E-state index contributed by atoms with van der Waals surface area (Å²) in [6.07, 6.45) is 10.2. The number of imidazole rings is 1. The van der Waals surface area contributed by atoms with Crippen LogP contribution in [0.4, 0.5) is 0 Å². The summed E-state index contributed by atoms with van der Waals surface area (Å²) in [5.74, 6) is 0. The summed E-state index contributed by atoms with van der Waals surface area (Å²) in [4.78, 5) is 3.90. The first-order valence-electron chi connectivity index (χ1n) is 5.38. The first-order valence-corrected chi connectivity index (χ1v) is 5.38. The quantitative estimate of drug-likeness (QED) is 0.677. The van der Waals surface area contributed by atoms with Crippen molar-refractivity contribution in [2.45, 2.75) is 25.8 Å². The van der Waals surface area contributed by atoms with Gasteiger partial charge in [0, 0.05) is 18.9 Å². The Morgan fingerprint density at radius 2 is 2.00 bits per heavy atom. The topological polar surface area (TPSA) is 17.8 Å². The summed E-state index contributed by atoms with van der Waals surface area (Å²) < 4.78 is 2.00. The Morgan fingerprint density at radius 1 is 1.13 bits per heavy atom. The van der Waals surface area contributed by atoms with Crippen LogP contribution < -0.4 is 0 Å². The van der Waals surface area contributed by atoms with Crippen LogP contribution in [0.15, 0.2) is 42.7 Å². The molecule has 0 aliphatic rings. The Hall–Kier alpha value is -1.57. The van der Waals surface area contributed by atoms with Gasteiger partial charge < -0.3 is 4.57 Å². The maximum atomic E-state index is 3.90. The Kier molecular flexibility index (Phi) is 3.55. The molecule has 1 aromatic carbocycles. The van der Waals surface area contributed by atoms with Gasteiger partial charge in [-0.3, -0.25) is 0 Å². The van der Waals surface area contributed by atoms with E-state index in [0.717, 1.165) is 13.0 Å². The van der Waals surface area contributed by atoms with E-state index in [1.807, 2.05) is 10.8 Å². The standard InChI is InChI=1S/C13H15N2/c1-2-6-13(7-3-1)8-4-5-10-15-11-9-14-12-15/h1-3,6-7,9,11H,4-5,8,10H2. The largest absolute Gasteiger partial charge is 0.328 e. The molecular formula is C13H15N2. The molecule has 77 valence electrons. The zero-order valence-electron chi connectivity index (χ0n) is 8.76. The fourth-order valence-corrected chi connectivity index (χ4v) is 1.64. The number of rotatable bonds is 5. The lowest BCUT2D eigenvalue weighted by Crippen LogP contribution is -1.95. The molecular weight excluding hydrogens is 184 g/mol. The van der Waals surface area contributed by atoms with E-state index in [2.05, 4.69) is 41.6 Å². The van der Waals surface area contributed by atoms with Crippen LogP contribution in [0.3, 0.4) is 0 Å². The molecule has 0 spiro atoms. The van der Waals surface area contributed by atoms with Gasteiger partial charge in [-0.2, -0.15) is 0 Å². The van der Waals surface area contributed by atoms with Crippen molar-refractivity contribution in [2.24, 2.45) is 0 Å². The maximum Gasteiger partial charge on any atom is 0.176 e. The second-order valence-electron chi connectivity index (χ2n) is 3.66. The Labute approximate surface area is 90.6 Å². The highest BCUT2D eigenvalue weighted by Gasteiger charge is 1.93. The molecule has 0 amide bonds. The summed E-state index contributed by atoms with van der Waals surface area (Å²) in [6, 6.07) is 10.6. The van der Waals surface area contributed by atoms with Crippen molar-refractivity contribution in [1.29, 1.82) is 0 Å². The second-order valence-corrected chi connectivity index (χ2v) is 3.66. The van der Waals surface area contributed by atoms with E-state index >= 15 is 0 Å². The molecule has 15 heavy (non-hydrogen) atoms. The Balaban J connectivity index is 1.68. The fourth-order valence-electron chi connectivity index (χ4n) is 1.64. The van der Waals surface area contributed by atoms with Crippen LogP contribution >= 0.6 is 0 Å². The molecule has 0 aliphatic carbocycles. The highest BCUT2D eigenvalue weighted by molar-refractivity contribution is 5.14. The van der Waals surface area contributed by atoms with Gasteiger partial charge in [-0.25, -0.2) is 4.98 Å². The molecule has 2 rings (SSSR count). The molecule has 2 aromatic rings. The van der Waals surface area contributed by atoms with E-state index < -0.39 is 0 Å². The average molecular weight is 199 g/mol. The van der Waals surface area contributed by atoms with E-state index in [4.69, 9.17) is 0 Å². The SMILES string of the molecule is [c]1nccn1CCCCc1ccccc1. The Morgan fingerprint density at radius 3 is 2.73 bits per heavy atom. The van der Waals surface area contributed by atoms with E-state index in [-0.39, 0.29) is 0 Å². The van der Waals surface area contributed by atoms with Crippen LogP contribution in [-0.4, -0.2) is 9.55 Å². The van der Waals surface area contributed by atoms with Crippen LogP contribution in [0.2, 0.25) is 0 Å². The van der Waals surface area contributed by atoms with Gasteiger partial charge in [-0.1, -0.05) is 30.3 Å². The highest BCUT2D eigenvalue weighted by Crippen LogP contribution is 2.05. The summed E-state index contributed by atoms with van der Waals surface area (Å²) in [5.41, 5.74) is 1.42. The van der Waals surface area contributed by atoms with Gasteiger partial charge in [0.1, 0.15) is 0 Å². The number of unbranched alkanes of at least 4 members (excludes halogenated alkanes) is 1. The van der Waals surface area contributed by atoms with Crippen molar-refractivity contribution in [2.75, 3.05) is 0 Å². The molecule has 1 heterocycles. The van der Waals surface area contributed by atoms with Gasteiger partial charge in [-0.05, 0) is 24.8 Å². The molecule has 0 fully saturated rings. The molecule has 0 N–H and O–H groups in total. The van der Waals surface area contributed by atoms with Crippen LogP contribution in [-0.2, 0) is 13.0 Å². The number of nitrogens with zero attached hydrogens (tertiary/aromatic N) is 2. The van der Waals surface area contributed by atoms with Gasteiger partial charge >= 0.3 is 0 Å². The molecule has 0 saturated carbocycles. The van der Waals surface area contributed by atoms with Crippen LogP contribution in [0.1, 0.15) is 18.4 Å². The Bertz CT molecular complexity index is 365. The van der Waals surface area contributed by atoms with Crippen molar-refractivity contribution in [3.63, 3.8) is 0 Å². The maximum absolute atomic E-state index is 3.90. The molecule has 0 aliphatic heterocycles. The fraction of sp³-hybridized carbons (Fsp3) is 0.308. The molecule has 0 saturated heterocycles. The number of aromatic nitrogens is 2. The lowest BCUT2D eigenvalue weighted by atomic mass is 10.1. The van der Waals surface area contributed by atoms with Crippen LogP contribution in [0, 0.1) is 6.33 Å². The van der Waals surface area contributed by atoms with E-state index in [0.29, 0.717) is 0 Å². The summed E-state index contributed by atoms with van der Waals surface area (Å²) in [6.45, 7) is 1.02. The third kappa shape index (κ3) is 3.24. The first kappa shape index (κ1) is 9.97. The van der Waals surface area contributed by atoms with Gasteiger partial charge in [0.2, 0.25) is 0 Å². The highest BCUT2D eigenvalue weighted by atomic mass is 15.0. The van der Waals surface area contributed by atoms with Crippen LogP contribution in [0.25, 0.3) is 0 Å². The van der Waals surface area contributed by atoms with Crippen molar-refractivity contribution >= 4 is 0 Å². The predicted molar refractivity (Wildman–Crippen MR) is 60.4 cm³/mol. The molecule has 1 aromatic heterocycles. The lowest BCUT2D eigenvalue weighted by Gasteiger charge is -2.02. The number of hydrogen-bond acceptors (Lipinski definition) is 1. The molecule has 2 heteroatoms. The van der Waals surface area contributed by atoms with Gasteiger partial charge in [0.25, 0.3) is 0 Å². The summed E-state index contributed by atoms with van der Waals surface area (Å²) in [5, 5.41) is 0. The second kappa shape index (κ2) is 5.35. The third-order valence-corrected chi connectivity index (χ3v) is 2.46. The molecule has 2 nitrogen and oxygen atoms in total. The first-order chi connectivity index (χ1) is 7.45. The summed E-state index contributed by atoms with van der Waals surface area (Å²) in [7, 11) is 0. The van der Waals surface area contributed by atoms with Gasteiger partial charge in [0.15, 0.2) is 6.33 Å².